The normalized spacial score (nSPS) is 18.4. The lowest BCUT2D eigenvalue weighted by Gasteiger charge is -2.28. The zero-order valence-corrected chi connectivity index (χ0v) is 17.7. The Labute approximate surface area is 180 Å². The van der Waals surface area contributed by atoms with E-state index in [4.69, 9.17) is 11.6 Å². The molecule has 1 saturated heterocycles. The number of aliphatic hydroxyl groups is 1. The highest BCUT2D eigenvalue weighted by atomic mass is 35.5. The standard InChI is InChI=1S/C23H24ClFN2O3/c1-3-26(4-2)13-14-27-20(15-7-11-18(25)12-8-15)19(22(29)23(27)30)21(28)16-5-9-17(24)10-6-16/h5-12,20,28H,3-4,13-14H2,1-2H3/b21-19+/t20-/m0/s1. The summed E-state index contributed by atoms with van der Waals surface area (Å²) in [4.78, 5) is 29.4. The molecule has 5 nitrogen and oxygen atoms in total. The molecule has 0 radical (unpaired) electrons. The van der Waals surface area contributed by atoms with Crippen LogP contribution in [0.3, 0.4) is 0 Å². The molecule has 2 aromatic carbocycles. The molecule has 0 spiro atoms. The van der Waals surface area contributed by atoms with Gasteiger partial charge in [-0.2, -0.15) is 0 Å². The average Bonchev–Trinajstić information content (AvgIpc) is 3.00. The number of amides is 1. The molecule has 2 aromatic rings. The fourth-order valence-corrected chi connectivity index (χ4v) is 3.78. The number of hydrogen-bond acceptors (Lipinski definition) is 4. The monoisotopic (exact) mass is 430 g/mol. The molecule has 158 valence electrons. The van der Waals surface area contributed by atoms with Crippen LogP contribution in [-0.4, -0.2) is 52.8 Å². The maximum absolute atomic E-state index is 13.5. The first-order chi connectivity index (χ1) is 14.4. The van der Waals surface area contributed by atoms with Crippen LogP contribution in [0.25, 0.3) is 5.76 Å². The van der Waals surface area contributed by atoms with Gasteiger partial charge in [0, 0.05) is 23.7 Å². The Morgan fingerprint density at radius 1 is 1.07 bits per heavy atom. The summed E-state index contributed by atoms with van der Waals surface area (Å²) in [7, 11) is 0. The van der Waals surface area contributed by atoms with Gasteiger partial charge in [0.05, 0.1) is 11.6 Å². The number of rotatable bonds is 7. The SMILES string of the molecule is CCN(CC)CCN1C(=O)C(=O)/C(=C(/O)c2ccc(Cl)cc2)[C@@H]1c1ccc(F)cc1. The van der Waals surface area contributed by atoms with Gasteiger partial charge in [-0.05, 0) is 55.1 Å². The van der Waals surface area contributed by atoms with E-state index in [1.165, 1.54) is 29.2 Å². The van der Waals surface area contributed by atoms with E-state index < -0.39 is 23.5 Å². The lowest BCUT2D eigenvalue weighted by Crippen LogP contribution is -2.38. The van der Waals surface area contributed by atoms with Crippen LogP contribution in [0, 0.1) is 5.82 Å². The lowest BCUT2D eigenvalue weighted by atomic mass is 9.95. The molecular formula is C23H24ClFN2O3. The molecule has 0 saturated carbocycles. The van der Waals surface area contributed by atoms with Crippen LogP contribution in [0.2, 0.25) is 5.02 Å². The number of nitrogens with zero attached hydrogens (tertiary/aromatic N) is 2. The second-order valence-corrected chi connectivity index (χ2v) is 7.51. The van der Waals surface area contributed by atoms with Crippen molar-refractivity contribution in [1.82, 2.24) is 9.80 Å². The molecule has 0 bridgehead atoms. The third kappa shape index (κ3) is 4.40. The number of hydrogen-bond donors (Lipinski definition) is 1. The van der Waals surface area contributed by atoms with Crippen molar-refractivity contribution in [3.8, 4) is 0 Å². The first kappa shape index (κ1) is 22.0. The fraction of sp³-hybridized carbons (Fsp3) is 0.304. The third-order valence-corrected chi connectivity index (χ3v) is 5.65. The minimum Gasteiger partial charge on any atom is -0.507 e. The highest BCUT2D eigenvalue weighted by molar-refractivity contribution is 6.46. The molecule has 0 aromatic heterocycles. The van der Waals surface area contributed by atoms with E-state index in [1.807, 2.05) is 13.8 Å². The van der Waals surface area contributed by atoms with E-state index in [9.17, 15) is 19.1 Å². The number of likely N-dealkylation sites (tertiary alicyclic amines) is 1. The molecule has 0 aliphatic carbocycles. The van der Waals surface area contributed by atoms with Gasteiger partial charge in [0.2, 0.25) is 0 Å². The predicted molar refractivity (Wildman–Crippen MR) is 115 cm³/mol. The smallest absolute Gasteiger partial charge is 0.295 e. The molecule has 7 heteroatoms. The van der Waals surface area contributed by atoms with Gasteiger partial charge in [-0.1, -0.05) is 37.6 Å². The van der Waals surface area contributed by atoms with Gasteiger partial charge in [0.15, 0.2) is 0 Å². The maximum Gasteiger partial charge on any atom is 0.295 e. The summed E-state index contributed by atoms with van der Waals surface area (Å²) in [6.45, 7) is 6.56. The van der Waals surface area contributed by atoms with Crippen molar-refractivity contribution in [3.05, 3.63) is 76.1 Å². The molecule has 30 heavy (non-hydrogen) atoms. The van der Waals surface area contributed by atoms with Crippen molar-refractivity contribution in [3.63, 3.8) is 0 Å². The Hall–Kier alpha value is -2.70. The van der Waals surface area contributed by atoms with Crippen molar-refractivity contribution in [2.24, 2.45) is 0 Å². The van der Waals surface area contributed by atoms with Crippen molar-refractivity contribution in [1.29, 1.82) is 0 Å². The van der Waals surface area contributed by atoms with Crippen molar-refractivity contribution < 1.29 is 19.1 Å². The number of Topliss-reactive ketones (excluding diaryl/α,β-unsaturated/α-hetero) is 1. The summed E-state index contributed by atoms with van der Waals surface area (Å²) in [6, 6.07) is 11.2. The molecule has 1 fully saturated rings. The molecule has 1 atom stereocenters. The molecule has 1 aliphatic rings. The topological polar surface area (TPSA) is 60.9 Å². The first-order valence-electron chi connectivity index (χ1n) is 9.89. The Morgan fingerprint density at radius 3 is 2.23 bits per heavy atom. The van der Waals surface area contributed by atoms with Crippen LogP contribution in [0.4, 0.5) is 4.39 Å². The molecule has 1 heterocycles. The molecule has 0 unspecified atom stereocenters. The highest BCUT2D eigenvalue weighted by Gasteiger charge is 2.45. The Morgan fingerprint density at radius 2 is 1.67 bits per heavy atom. The average molecular weight is 431 g/mol. The minimum atomic E-state index is -0.795. The van der Waals surface area contributed by atoms with Crippen LogP contribution in [0.1, 0.15) is 31.0 Å². The van der Waals surface area contributed by atoms with Gasteiger partial charge in [-0.3, -0.25) is 9.59 Å². The molecular weight excluding hydrogens is 407 g/mol. The van der Waals surface area contributed by atoms with Gasteiger partial charge in [-0.25, -0.2) is 4.39 Å². The summed E-state index contributed by atoms with van der Waals surface area (Å²) in [5.41, 5.74) is 0.937. The summed E-state index contributed by atoms with van der Waals surface area (Å²) < 4.78 is 13.5. The van der Waals surface area contributed by atoms with Gasteiger partial charge >= 0.3 is 0 Å². The third-order valence-electron chi connectivity index (χ3n) is 5.39. The first-order valence-corrected chi connectivity index (χ1v) is 10.3. The van der Waals surface area contributed by atoms with Gasteiger partial charge in [-0.15, -0.1) is 0 Å². The van der Waals surface area contributed by atoms with Crippen LogP contribution in [-0.2, 0) is 9.59 Å². The van der Waals surface area contributed by atoms with E-state index >= 15 is 0 Å². The van der Waals surface area contributed by atoms with E-state index in [2.05, 4.69) is 4.90 Å². The largest absolute Gasteiger partial charge is 0.507 e. The van der Waals surface area contributed by atoms with Crippen molar-refractivity contribution in [2.75, 3.05) is 26.2 Å². The van der Waals surface area contributed by atoms with Crippen LogP contribution >= 0.6 is 11.6 Å². The summed E-state index contributed by atoms with van der Waals surface area (Å²) in [5.74, 6) is -2.12. The van der Waals surface area contributed by atoms with E-state index in [1.54, 1.807) is 24.3 Å². The molecule has 1 amide bonds. The lowest BCUT2D eigenvalue weighted by molar-refractivity contribution is -0.140. The van der Waals surface area contributed by atoms with Gasteiger partial charge in [0.25, 0.3) is 11.7 Å². The molecule has 3 rings (SSSR count). The zero-order chi connectivity index (χ0) is 21.8. The van der Waals surface area contributed by atoms with Crippen LogP contribution in [0.5, 0.6) is 0 Å². The Balaban J connectivity index is 2.08. The number of carbonyl (C=O) groups excluding carboxylic acids is 2. The number of benzene rings is 2. The molecule has 1 aliphatic heterocycles. The van der Waals surface area contributed by atoms with Gasteiger partial charge in [0.1, 0.15) is 11.6 Å². The Bertz CT molecular complexity index is 953. The summed E-state index contributed by atoms with van der Waals surface area (Å²) >= 11 is 5.92. The van der Waals surface area contributed by atoms with Crippen molar-refractivity contribution in [2.45, 2.75) is 19.9 Å². The number of ketones is 1. The van der Waals surface area contributed by atoms with Crippen LogP contribution in [0.15, 0.2) is 54.1 Å². The van der Waals surface area contributed by atoms with Crippen LogP contribution < -0.4 is 0 Å². The Kier molecular flexibility index (Phi) is 6.90. The zero-order valence-electron chi connectivity index (χ0n) is 16.9. The maximum atomic E-state index is 13.5. The quantitative estimate of drug-likeness (QED) is 0.405. The predicted octanol–water partition coefficient (Wildman–Crippen LogP) is 4.24. The van der Waals surface area contributed by atoms with E-state index in [0.717, 1.165) is 13.1 Å². The number of halogens is 2. The van der Waals surface area contributed by atoms with Crippen molar-refractivity contribution >= 4 is 29.1 Å². The van der Waals surface area contributed by atoms with E-state index in [0.29, 0.717) is 29.2 Å². The summed E-state index contributed by atoms with van der Waals surface area (Å²) in [6.07, 6.45) is 0. The second kappa shape index (κ2) is 9.41. The van der Waals surface area contributed by atoms with Gasteiger partial charge < -0.3 is 14.9 Å². The number of aliphatic hydroxyl groups excluding tert-OH is 1. The number of likely N-dealkylation sites (N-methyl/N-ethyl adjacent to an activating group) is 1. The second-order valence-electron chi connectivity index (χ2n) is 7.08. The number of carbonyl (C=O) groups is 2. The minimum absolute atomic E-state index is 0.00604. The highest BCUT2D eigenvalue weighted by Crippen LogP contribution is 2.39. The van der Waals surface area contributed by atoms with E-state index in [-0.39, 0.29) is 11.3 Å². The summed E-state index contributed by atoms with van der Waals surface area (Å²) in [5, 5.41) is 11.4. The fourth-order valence-electron chi connectivity index (χ4n) is 3.65. The molecule has 1 N–H and O–H groups in total.